The lowest BCUT2D eigenvalue weighted by Crippen LogP contribution is -2.24. The number of benzene rings is 2. The molecule has 2 rings (SSSR count). The highest BCUT2D eigenvalue weighted by Gasteiger charge is 2.30. The van der Waals surface area contributed by atoms with Gasteiger partial charge in [-0.05, 0) is 42.0 Å². The van der Waals surface area contributed by atoms with Crippen LogP contribution in [0.2, 0.25) is 0 Å². The minimum atomic E-state index is -4.72. The van der Waals surface area contributed by atoms with Gasteiger partial charge >= 0.3 is 6.36 Å². The zero-order chi connectivity index (χ0) is 19.0. The standard InChI is InChI=1S/C18H18F3NO4/c1-24-14-6-8-15(9-7-14)25-11-10-17(23)22-12-13-2-4-16(5-3-13)26-18(19,20)21/h2-9H,10-12H2,1H3,(H,22,23). The van der Waals surface area contributed by atoms with Gasteiger partial charge in [0.1, 0.15) is 17.2 Å². The molecule has 1 N–H and O–H groups in total. The van der Waals surface area contributed by atoms with Crippen LogP contribution in [0.5, 0.6) is 17.2 Å². The summed E-state index contributed by atoms with van der Waals surface area (Å²) in [5, 5.41) is 2.67. The molecule has 0 saturated carbocycles. The molecule has 0 atom stereocenters. The number of hydrogen-bond acceptors (Lipinski definition) is 4. The Balaban J connectivity index is 1.69. The molecular formula is C18H18F3NO4. The van der Waals surface area contributed by atoms with Crippen molar-refractivity contribution in [3.63, 3.8) is 0 Å². The SMILES string of the molecule is COc1ccc(OCCC(=O)NCc2ccc(OC(F)(F)F)cc2)cc1. The largest absolute Gasteiger partial charge is 0.573 e. The van der Waals surface area contributed by atoms with Gasteiger partial charge in [-0.1, -0.05) is 12.1 Å². The molecule has 0 heterocycles. The van der Waals surface area contributed by atoms with E-state index in [4.69, 9.17) is 9.47 Å². The van der Waals surface area contributed by atoms with Gasteiger partial charge in [0, 0.05) is 6.54 Å². The molecule has 0 aliphatic rings. The van der Waals surface area contributed by atoms with Gasteiger partial charge in [0.05, 0.1) is 20.1 Å². The number of carbonyl (C=O) groups is 1. The highest BCUT2D eigenvalue weighted by atomic mass is 19.4. The van der Waals surface area contributed by atoms with Gasteiger partial charge in [-0.25, -0.2) is 0 Å². The van der Waals surface area contributed by atoms with Gasteiger partial charge in [-0.15, -0.1) is 13.2 Å². The fraction of sp³-hybridized carbons (Fsp3) is 0.278. The molecule has 2 aromatic carbocycles. The normalized spacial score (nSPS) is 10.9. The van der Waals surface area contributed by atoms with E-state index in [0.29, 0.717) is 17.1 Å². The maximum atomic E-state index is 12.1. The second-order valence-corrected chi connectivity index (χ2v) is 5.24. The summed E-state index contributed by atoms with van der Waals surface area (Å²) in [5.74, 6) is 0.801. The number of carbonyl (C=O) groups excluding carboxylic acids is 1. The summed E-state index contributed by atoms with van der Waals surface area (Å²) >= 11 is 0. The molecule has 0 spiro atoms. The van der Waals surface area contributed by atoms with Crippen molar-refractivity contribution >= 4 is 5.91 Å². The van der Waals surface area contributed by atoms with Crippen molar-refractivity contribution < 1.29 is 32.2 Å². The number of halogens is 3. The maximum absolute atomic E-state index is 12.1. The van der Waals surface area contributed by atoms with Crippen LogP contribution in [0.3, 0.4) is 0 Å². The molecule has 0 unspecified atom stereocenters. The number of ether oxygens (including phenoxy) is 3. The van der Waals surface area contributed by atoms with Crippen LogP contribution in [0.1, 0.15) is 12.0 Å². The maximum Gasteiger partial charge on any atom is 0.573 e. The quantitative estimate of drug-likeness (QED) is 0.771. The Morgan fingerprint density at radius 3 is 2.12 bits per heavy atom. The lowest BCUT2D eigenvalue weighted by molar-refractivity contribution is -0.274. The Bertz CT molecular complexity index is 700. The summed E-state index contributed by atoms with van der Waals surface area (Å²) in [6.07, 6.45) is -4.57. The summed E-state index contributed by atoms with van der Waals surface area (Å²) in [7, 11) is 1.57. The molecule has 8 heteroatoms. The van der Waals surface area contributed by atoms with Gasteiger partial charge in [0.15, 0.2) is 0 Å². The summed E-state index contributed by atoms with van der Waals surface area (Å²) in [5.41, 5.74) is 0.656. The first-order valence-electron chi connectivity index (χ1n) is 7.74. The number of nitrogens with one attached hydrogen (secondary N) is 1. The first-order valence-corrected chi connectivity index (χ1v) is 7.74. The minimum Gasteiger partial charge on any atom is -0.497 e. The highest BCUT2D eigenvalue weighted by Crippen LogP contribution is 2.22. The molecule has 0 aliphatic carbocycles. The zero-order valence-electron chi connectivity index (χ0n) is 14.0. The number of amides is 1. The fourth-order valence-electron chi connectivity index (χ4n) is 2.03. The van der Waals surface area contributed by atoms with Crippen molar-refractivity contribution in [1.29, 1.82) is 0 Å². The summed E-state index contributed by atoms with van der Waals surface area (Å²) in [6, 6.07) is 12.3. The van der Waals surface area contributed by atoms with Crippen molar-refractivity contribution in [2.75, 3.05) is 13.7 Å². The van der Waals surface area contributed by atoms with Crippen molar-refractivity contribution in [1.82, 2.24) is 5.32 Å². The molecule has 140 valence electrons. The first kappa shape index (κ1) is 19.4. The average Bonchev–Trinajstić information content (AvgIpc) is 2.60. The zero-order valence-corrected chi connectivity index (χ0v) is 14.0. The second kappa shape index (κ2) is 8.98. The van der Waals surface area contributed by atoms with E-state index in [1.807, 2.05) is 0 Å². The second-order valence-electron chi connectivity index (χ2n) is 5.24. The fourth-order valence-corrected chi connectivity index (χ4v) is 2.03. The third kappa shape index (κ3) is 6.92. The van der Waals surface area contributed by atoms with E-state index in [0.717, 1.165) is 0 Å². The van der Waals surface area contributed by atoms with Crippen LogP contribution >= 0.6 is 0 Å². The van der Waals surface area contributed by atoms with Gasteiger partial charge < -0.3 is 19.5 Å². The molecule has 0 aromatic heterocycles. The Kier molecular flexibility index (Phi) is 6.71. The topological polar surface area (TPSA) is 56.8 Å². The van der Waals surface area contributed by atoms with Crippen LogP contribution in [0.25, 0.3) is 0 Å². The van der Waals surface area contributed by atoms with Crippen molar-refractivity contribution in [3.8, 4) is 17.2 Å². The van der Waals surface area contributed by atoms with E-state index in [9.17, 15) is 18.0 Å². The lowest BCUT2D eigenvalue weighted by atomic mass is 10.2. The Hall–Kier alpha value is -2.90. The minimum absolute atomic E-state index is 0.154. The van der Waals surface area contributed by atoms with Gasteiger partial charge in [-0.2, -0.15) is 0 Å². The van der Waals surface area contributed by atoms with Crippen LogP contribution in [-0.2, 0) is 11.3 Å². The molecule has 0 bridgehead atoms. The molecule has 26 heavy (non-hydrogen) atoms. The number of methoxy groups -OCH3 is 1. The smallest absolute Gasteiger partial charge is 0.497 e. The van der Waals surface area contributed by atoms with E-state index >= 15 is 0 Å². The van der Waals surface area contributed by atoms with E-state index in [1.54, 1.807) is 31.4 Å². The monoisotopic (exact) mass is 369 g/mol. The predicted molar refractivity (Wildman–Crippen MR) is 88.1 cm³/mol. The molecule has 0 saturated heterocycles. The molecule has 2 aromatic rings. The number of rotatable bonds is 8. The van der Waals surface area contributed by atoms with E-state index < -0.39 is 6.36 Å². The van der Waals surface area contributed by atoms with Crippen LogP contribution in [0, 0.1) is 0 Å². The lowest BCUT2D eigenvalue weighted by Gasteiger charge is -2.10. The van der Waals surface area contributed by atoms with Crippen molar-refractivity contribution in [2.45, 2.75) is 19.3 Å². The van der Waals surface area contributed by atoms with Gasteiger partial charge in [0.25, 0.3) is 0 Å². The number of alkyl halides is 3. The van der Waals surface area contributed by atoms with E-state index in [1.165, 1.54) is 24.3 Å². The Labute approximate surface area is 148 Å². The predicted octanol–water partition coefficient (Wildman–Crippen LogP) is 3.68. The summed E-state index contributed by atoms with van der Waals surface area (Å²) in [4.78, 5) is 11.8. The molecule has 0 fully saturated rings. The first-order chi connectivity index (χ1) is 12.4. The summed E-state index contributed by atoms with van der Waals surface area (Å²) in [6.45, 7) is 0.407. The molecule has 5 nitrogen and oxygen atoms in total. The highest BCUT2D eigenvalue weighted by molar-refractivity contribution is 5.76. The van der Waals surface area contributed by atoms with Crippen LogP contribution in [-0.4, -0.2) is 26.0 Å². The third-order valence-electron chi connectivity index (χ3n) is 3.30. The van der Waals surface area contributed by atoms with Gasteiger partial charge in [-0.3, -0.25) is 4.79 Å². The summed E-state index contributed by atoms with van der Waals surface area (Å²) < 4.78 is 50.5. The Morgan fingerprint density at radius 2 is 1.54 bits per heavy atom. The third-order valence-corrected chi connectivity index (χ3v) is 3.30. The van der Waals surface area contributed by atoms with Gasteiger partial charge in [0.2, 0.25) is 5.91 Å². The number of hydrogen-bond donors (Lipinski definition) is 1. The Morgan fingerprint density at radius 1 is 0.962 bits per heavy atom. The molecule has 0 aliphatic heterocycles. The van der Waals surface area contributed by atoms with Crippen molar-refractivity contribution in [3.05, 3.63) is 54.1 Å². The van der Waals surface area contributed by atoms with E-state index in [2.05, 4.69) is 10.1 Å². The van der Waals surface area contributed by atoms with Crippen LogP contribution in [0.4, 0.5) is 13.2 Å². The average molecular weight is 369 g/mol. The van der Waals surface area contributed by atoms with E-state index in [-0.39, 0.29) is 31.2 Å². The van der Waals surface area contributed by atoms with Crippen molar-refractivity contribution in [2.24, 2.45) is 0 Å². The molecular weight excluding hydrogens is 351 g/mol. The van der Waals surface area contributed by atoms with Crippen LogP contribution < -0.4 is 19.5 Å². The van der Waals surface area contributed by atoms with Crippen LogP contribution in [0.15, 0.2) is 48.5 Å². The molecule has 1 amide bonds. The molecule has 0 radical (unpaired) electrons.